The Morgan fingerprint density at radius 3 is 2.53 bits per heavy atom. The van der Waals surface area contributed by atoms with E-state index in [1.54, 1.807) is 0 Å². The molecule has 1 N–H and O–H groups in total. The lowest BCUT2D eigenvalue weighted by molar-refractivity contribution is -0.139. The van der Waals surface area contributed by atoms with Gasteiger partial charge in [0.1, 0.15) is 5.82 Å². The van der Waals surface area contributed by atoms with Crippen molar-refractivity contribution < 1.29 is 19.1 Å². The number of halogens is 3. The first kappa shape index (κ1) is 14.1. The fourth-order valence-electron chi connectivity index (χ4n) is 1.97. The molecule has 7 heteroatoms. The number of hydrogen-bond donors (Lipinski definition) is 1. The molecule has 0 radical (unpaired) electrons. The van der Waals surface area contributed by atoms with E-state index in [4.69, 9.17) is 28.3 Å². The fourth-order valence-corrected chi connectivity index (χ4v) is 2.43. The van der Waals surface area contributed by atoms with Gasteiger partial charge >= 0.3 is 5.97 Å². The highest BCUT2D eigenvalue weighted by Crippen LogP contribution is 2.28. The largest absolute Gasteiger partial charge is 0.481 e. The van der Waals surface area contributed by atoms with Crippen molar-refractivity contribution in [2.45, 2.75) is 6.42 Å². The zero-order valence-electron chi connectivity index (χ0n) is 9.70. The van der Waals surface area contributed by atoms with Gasteiger partial charge in [0.15, 0.2) is 0 Å². The lowest BCUT2D eigenvalue weighted by Gasteiger charge is -2.38. The van der Waals surface area contributed by atoms with Crippen molar-refractivity contribution in [2.24, 2.45) is 5.92 Å². The molecule has 1 heterocycles. The van der Waals surface area contributed by atoms with Crippen LogP contribution in [0.4, 0.5) is 4.39 Å². The number of hydrogen-bond acceptors (Lipinski definition) is 2. The lowest BCUT2D eigenvalue weighted by atomic mass is 9.95. The number of rotatable bonds is 3. The summed E-state index contributed by atoms with van der Waals surface area (Å²) >= 11 is 11.4. The molecule has 1 amide bonds. The summed E-state index contributed by atoms with van der Waals surface area (Å²) in [5.41, 5.74) is 0.0392. The maximum absolute atomic E-state index is 13.3. The van der Waals surface area contributed by atoms with Crippen LogP contribution in [0.25, 0.3) is 0 Å². The molecule has 0 atom stereocenters. The Balaban J connectivity index is 2.06. The summed E-state index contributed by atoms with van der Waals surface area (Å²) in [6.45, 7) is 0.678. The molecule has 4 nitrogen and oxygen atoms in total. The number of carbonyl (C=O) groups is 2. The summed E-state index contributed by atoms with van der Waals surface area (Å²) in [5, 5.41) is 8.55. The van der Waals surface area contributed by atoms with Gasteiger partial charge in [-0.05, 0) is 12.1 Å². The maximum Gasteiger partial charge on any atom is 0.303 e. The molecule has 1 aliphatic heterocycles. The van der Waals surface area contributed by atoms with Crippen molar-refractivity contribution in [3.05, 3.63) is 33.6 Å². The SMILES string of the molecule is O=C(O)CC1CN(C(=O)c2cc(F)c(Cl)cc2Cl)C1. The van der Waals surface area contributed by atoms with Gasteiger partial charge < -0.3 is 10.0 Å². The topological polar surface area (TPSA) is 57.6 Å². The van der Waals surface area contributed by atoms with Crippen LogP contribution in [0.1, 0.15) is 16.8 Å². The summed E-state index contributed by atoms with van der Waals surface area (Å²) in [4.78, 5) is 24.0. The summed E-state index contributed by atoms with van der Waals surface area (Å²) in [6.07, 6.45) is 0.0203. The van der Waals surface area contributed by atoms with E-state index in [2.05, 4.69) is 0 Å². The molecule has 0 saturated carbocycles. The van der Waals surface area contributed by atoms with E-state index in [0.29, 0.717) is 13.1 Å². The molecule has 2 rings (SSSR count). The monoisotopic (exact) mass is 305 g/mol. The Bertz CT molecular complexity index is 544. The summed E-state index contributed by atoms with van der Waals surface area (Å²) in [5.74, 6) is -2.08. The molecule has 0 unspecified atom stereocenters. The number of carboxylic acids is 1. The van der Waals surface area contributed by atoms with Gasteiger partial charge in [-0.3, -0.25) is 9.59 Å². The van der Waals surface area contributed by atoms with Crippen LogP contribution >= 0.6 is 23.2 Å². The smallest absolute Gasteiger partial charge is 0.303 e. The second-order valence-corrected chi connectivity index (χ2v) is 5.23. The highest BCUT2D eigenvalue weighted by atomic mass is 35.5. The van der Waals surface area contributed by atoms with E-state index in [1.807, 2.05) is 0 Å². The van der Waals surface area contributed by atoms with E-state index in [0.717, 1.165) is 6.07 Å². The van der Waals surface area contributed by atoms with Crippen LogP contribution in [-0.2, 0) is 4.79 Å². The second kappa shape index (κ2) is 5.35. The summed E-state index contributed by atoms with van der Waals surface area (Å²) < 4.78 is 13.3. The zero-order valence-corrected chi connectivity index (χ0v) is 11.2. The molecular formula is C12H10Cl2FNO3. The van der Waals surface area contributed by atoms with Crippen molar-refractivity contribution in [3.63, 3.8) is 0 Å². The Kier molecular flexibility index (Phi) is 3.96. The van der Waals surface area contributed by atoms with Crippen LogP contribution in [0.5, 0.6) is 0 Å². The number of carbonyl (C=O) groups excluding carboxylic acids is 1. The van der Waals surface area contributed by atoms with Gasteiger partial charge in [0.25, 0.3) is 5.91 Å². The Hall–Kier alpha value is -1.33. The van der Waals surface area contributed by atoms with Crippen LogP contribution in [0.15, 0.2) is 12.1 Å². The Morgan fingerprint density at radius 1 is 1.32 bits per heavy atom. The first-order chi connectivity index (χ1) is 8.88. The molecule has 0 spiro atoms. The number of carboxylic acid groups (broad SMARTS) is 1. The molecule has 102 valence electrons. The van der Waals surface area contributed by atoms with Gasteiger partial charge in [-0.2, -0.15) is 0 Å². The molecule has 1 aromatic carbocycles. The van der Waals surface area contributed by atoms with Crippen LogP contribution < -0.4 is 0 Å². The Labute approximate surface area is 118 Å². The molecule has 1 fully saturated rings. The number of nitrogens with zero attached hydrogens (tertiary/aromatic N) is 1. The van der Waals surface area contributed by atoms with Crippen molar-refractivity contribution in [3.8, 4) is 0 Å². The van der Waals surface area contributed by atoms with E-state index in [-0.39, 0.29) is 27.9 Å². The van der Waals surface area contributed by atoms with Gasteiger partial charge in [-0.25, -0.2) is 4.39 Å². The first-order valence-corrected chi connectivity index (χ1v) is 6.29. The van der Waals surface area contributed by atoms with Crippen molar-refractivity contribution in [1.29, 1.82) is 0 Å². The molecular weight excluding hydrogens is 296 g/mol. The summed E-state index contributed by atoms with van der Waals surface area (Å²) in [6, 6.07) is 2.18. The Morgan fingerprint density at radius 2 is 1.95 bits per heavy atom. The number of amides is 1. The lowest BCUT2D eigenvalue weighted by Crippen LogP contribution is -2.50. The second-order valence-electron chi connectivity index (χ2n) is 4.42. The standard InChI is InChI=1S/C12H10Cl2FNO3/c13-8-3-9(14)10(15)2-7(8)12(19)16-4-6(5-16)1-11(17)18/h2-3,6H,1,4-5H2,(H,17,18). The predicted octanol–water partition coefficient (Wildman–Crippen LogP) is 2.68. The number of aliphatic carboxylic acids is 1. The zero-order chi connectivity index (χ0) is 14.2. The van der Waals surface area contributed by atoms with Gasteiger partial charge in [-0.1, -0.05) is 23.2 Å². The quantitative estimate of drug-likeness (QED) is 0.874. The first-order valence-electron chi connectivity index (χ1n) is 5.54. The molecule has 0 bridgehead atoms. The third-order valence-electron chi connectivity index (χ3n) is 2.95. The summed E-state index contributed by atoms with van der Waals surface area (Å²) in [7, 11) is 0. The van der Waals surface area contributed by atoms with Crippen molar-refractivity contribution in [2.75, 3.05) is 13.1 Å². The minimum absolute atomic E-state index is 0.0203. The maximum atomic E-state index is 13.3. The minimum atomic E-state index is -0.896. The van der Waals surface area contributed by atoms with Crippen LogP contribution in [0.2, 0.25) is 10.0 Å². The van der Waals surface area contributed by atoms with Gasteiger partial charge in [0.05, 0.1) is 22.0 Å². The highest BCUT2D eigenvalue weighted by molar-refractivity contribution is 6.36. The molecule has 1 aliphatic rings. The third-order valence-corrected chi connectivity index (χ3v) is 3.55. The van der Waals surface area contributed by atoms with Gasteiger partial charge in [-0.15, -0.1) is 0 Å². The number of benzene rings is 1. The highest BCUT2D eigenvalue weighted by Gasteiger charge is 2.33. The minimum Gasteiger partial charge on any atom is -0.481 e. The van der Waals surface area contributed by atoms with E-state index < -0.39 is 17.7 Å². The van der Waals surface area contributed by atoms with Crippen molar-refractivity contribution >= 4 is 35.1 Å². The predicted molar refractivity (Wildman–Crippen MR) is 68.1 cm³/mol. The van der Waals surface area contributed by atoms with Crippen molar-refractivity contribution in [1.82, 2.24) is 4.90 Å². The average molecular weight is 306 g/mol. The number of likely N-dealkylation sites (tertiary alicyclic amines) is 1. The van der Waals surface area contributed by atoms with E-state index in [9.17, 15) is 14.0 Å². The van der Waals surface area contributed by atoms with Crippen LogP contribution in [0, 0.1) is 11.7 Å². The molecule has 19 heavy (non-hydrogen) atoms. The van der Waals surface area contributed by atoms with Gasteiger partial charge in [0, 0.05) is 19.0 Å². The van der Waals surface area contributed by atoms with Gasteiger partial charge in [0.2, 0.25) is 0 Å². The van der Waals surface area contributed by atoms with Crippen LogP contribution in [0.3, 0.4) is 0 Å². The average Bonchev–Trinajstić information content (AvgIpc) is 2.27. The normalized spacial score (nSPS) is 15.2. The van der Waals surface area contributed by atoms with E-state index >= 15 is 0 Å². The third kappa shape index (κ3) is 2.98. The molecule has 0 aromatic heterocycles. The van der Waals surface area contributed by atoms with E-state index in [1.165, 1.54) is 11.0 Å². The molecule has 0 aliphatic carbocycles. The van der Waals surface area contributed by atoms with Crippen LogP contribution in [-0.4, -0.2) is 35.0 Å². The molecule has 1 aromatic rings. The molecule has 1 saturated heterocycles. The fraction of sp³-hybridized carbons (Fsp3) is 0.333.